The molecule has 0 aromatic carbocycles. The van der Waals surface area contributed by atoms with Crippen LogP contribution in [0.1, 0.15) is 32.6 Å². The minimum atomic E-state index is -0.237. The summed E-state index contributed by atoms with van der Waals surface area (Å²) >= 11 is 0. The van der Waals surface area contributed by atoms with E-state index in [9.17, 15) is 9.59 Å². The molecule has 0 unspecified atom stereocenters. The molecule has 1 N–H and O–H groups in total. The third-order valence-electron chi connectivity index (χ3n) is 5.58. The third kappa shape index (κ3) is 4.92. The van der Waals surface area contributed by atoms with Crippen LogP contribution < -0.4 is 5.32 Å². The van der Waals surface area contributed by atoms with E-state index in [1.165, 1.54) is 12.8 Å². The molecule has 0 aromatic heterocycles. The summed E-state index contributed by atoms with van der Waals surface area (Å²) in [4.78, 5) is 31.3. The zero-order valence-corrected chi connectivity index (χ0v) is 15.4. The summed E-state index contributed by atoms with van der Waals surface area (Å²) in [6, 6.07) is -0.237. The first kappa shape index (κ1) is 18.6. The number of rotatable bonds is 3. The summed E-state index contributed by atoms with van der Waals surface area (Å²) in [5.41, 5.74) is 0. The summed E-state index contributed by atoms with van der Waals surface area (Å²) in [5, 5.41) is 3.27. The second-order valence-corrected chi connectivity index (χ2v) is 7.40. The molecular weight excluding hydrogens is 320 g/mol. The molecule has 3 heterocycles. The average Bonchev–Trinajstić information content (AvgIpc) is 2.92. The molecule has 0 bridgehead atoms. The average molecular weight is 352 g/mol. The number of carbonyl (C=O) groups excluding carboxylic acids is 2. The van der Waals surface area contributed by atoms with Gasteiger partial charge in [-0.1, -0.05) is 12.8 Å². The maximum absolute atomic E-state index is 12.7. The van der Waals surface area contributed by atoms with E-state index >= 15 is 0 Å². The SMILES string of the molecule is C[C@H]1OCCN[C@@H]1C(=O)N1CCN(CC(=O)N2CCCCCC2)CC1. The Balaban J connectivity index is 1.43. The lowest BCUT2D eigenvalue weighted by Gasteiger charge is -2.39. The number of carbonyl (C=O) groups is 2. The first-order valence-electron chi connectivity index (χ1n) is 9.79. The molecule has 3 aliphatic rings. The summed E-state index contributed by atoms with van der Waals surface area (Å²) in [6.07, 6.45) is 4.65. The Morgan fingerprint density at radius 2 is 1.64 bits per heavy atom. The van der Waals surface area contributed by atoms with Crippen LogP contribution in [-0.4, -0.2) is 97.6 Å². The minimum absolute atomic E-state index is 0.0797. The van der Waals surface area contributed by atoms with E-state index in [4.69, 9.17) is 4.74 Å². The Morgan fingerprint density at radius 1 is 0.960 bits per heavy atom. The molecule has 0 aliphatic carbocycles. The second kappa shape index (κ2) is 8.96. The van der Waals surface area contributed by atoms with Gasteiger partial charge in [0.15, 0.2) is 0 Å². The quantitative estimate of drug-likeness (QED) is 0.769. The van der Waals surface area contributed by atoms with E-state index in [1.807, 2.05) is 16.7 Å². The van der Waals surface area contributed by atoms with Crippen LogP contribution in [-0.2, 0) is 14.3 Å². The van der Waals surface area contributed by atoms with Crippen molar-refractivity contribution in [2.45, 2.75) is 44.8 Å². The number of hydrogen-bond donors (Lipinski definition) is 1. The van der Waals surface area contributed by atoms with Crippen molar-refractivity contribution in [1.29, 1.82) is 0 Å². The van der Waals surface area contributed by atoms with E-state index in [0.29, 0.717) is 26.2 Å². The molecule has 2 atom stereocenters. The van der Waals surface area contributed by atoms with Crippen molar-refractivity contribution in [3.05, 3.63) is 0 Å². The van der Waals surface area contributed by atoms with Gasteiger partial charge >= 0.3 is 0 Å². The van der Waals surface area contributed by atoms with Crippen LogP contribution in [0, 0.1) is 0 Å². The van der Waals surface area contributed by atoms with Crippen molar-refractivity contribution < 1.29 is 14.3 Å². The van der Waals surface area contributed by atoms with E-state index < -0.39 is 0 Å². The summed E-state index contributed by atoms with van der Waals surface area (Å²) in [7, 11) is 0. The lowest BCUT2D eigenvalue weighted by atomic mass is 10.1. The first-order valence-corrected chi connectivity index (χ1v) is 9.79. The number of nitrogens with one attached hydrogen (secondary N) is 1. The predicted octanol–water partition coefficient (Wildman–Crippen LogP) is -0.0899. The monoisotopic (exact) mass is 352 g/mol. The fourth-order valence-electron chi connectivity index (χ4n) is 3.94. The molecule has 3 saturated heterocycles. The third-order valence-corrected chi connectivity index (χ3v) is 5.58. The van der Waals surface area contributed by atoms with Crippen molar-refractivity contribution in [3.63, 3.8) is 0 Å². The fourth-order valence-corrected chi connectivity index (χ4v) is 3.94. The molecule has 0 saturated carbocycles. The van der Waals surface area contributed by atoms with Gasteiger partial charge in [-0.05, 0) is 19.8 Å². The Bertz CT molecular complexity index is 457. The Labute approximate surface area is 150 Å². The number of hydrogen-bond acceptors (Lipinski definition) is 5. The lowest BCUT2D eigenvalue weighted by molar-refractivity contribution is -0.141. The van der Waals surface area contributed by atoms with Crippen molar-refractivity contribution in [2.75, 3.05) is 59.0 Å². The summed E-state index contributed by atoms with van der Waals surface area (Å²) < 4.78 is 5.58. The number of ether oxygens (including phenoxy) is 1. The molecule has 0 spiro atoms. The number of morpholine rings is 1. The van der Waals surface area contributed by atoms with Crippen LogP contribution in [0.4, 0.5) is 0 Å². The van der Waals surface area contributed by atoms with Crippen LogP contribution in [0.2, 0.25) is 0 Å². The van der Waals surface area contributed by atoms with Crippen molar-refractivity contribution >= 4 is 11.8 Å². The molecule has 25 heavy (non-hydrogen) atoms. The standard InChI is InChI=1S/C18H32N4O3/c1-15-17(19-6-13-25-15)18(24)22-11-9-20(10-12-22)14-16(23)21-7-4-2-3-5-8-21/h15,17,19H,2-14H2,1H3/t15-,17+/m1/s1. The largest absolute Gasteiger partial charge is 0.375 e. The second-order valence-electron chi connectivity index (χ2n) is 7.40. The molecule has 7 nitrogen and oxygen atoms in total. The molecule has 0 aromatic rings. The highest BCUT2D eigenvalue weighted by Gasteiger charge is 2.33. The minimum Gasteiger partial charge on any atom is -0.375 e. The van der Waals surface area contributed by atoms with Crippen LogP contribution in [0.15, 0.2) is 0 Å². The number of piperazine rings is 1. The predicted molar refractivity (Wildman–Crippen MR) is 95.3 cm³/mol. The van der Waals surface area contributed by atoms with E-state index in [0.717, 1.165) is 45.6 Å². The topological polar surface area (TPSA) is 65.1 Å². The lowest BCUT2D eigenvalue weighted by Crippen LogP contribution is -2.60. The number of likely N-dealkylation sites (tertiary alicyclic amines) is 1. The Morgan fingerprint density at radius 3 is 2.28 bits per heavy atom. The molecule has 142 valence electrons. The van der Waals surface area contributed by atoms with Gasteiger partial charge in [0.05, 0.1) is 19.3 Å². The van der Waals surface area contributed by atoms with Gasteiger partial charge in [0.25, 0.3) is 0 Å². The zero-order valence-electron chi connectivity index (χ0n) is 15.4. The molecule has 7 heteroatoms. The normalized spacial score (nSPS) is 29.3. The van der Waals surface area contributed by atoms with Gasteiger partial charge in [-0.3, -0.25) is 14.5 Å². The van der Waals surface area contributed by atoms with Gasteiger partial charge in [0, 0.05) is 45.8 Å². The molecule has 3 aliphatic heterocycles. The van der Waals surface area contributed by atoms with Gasteiger partial charge in [-0.15, -0.1) is 0 Å². The maximum atomic E-state index is 12.7. The molecule has 3 fully saturated rings. The van der Waals surface area contributed by atoms with E-state index in [-0.39, 0.29) is 24.0 Å². The van der Waals surface area contributed by atoms with Crippen LogP contribution in [0.25, 0.3) is 0 Å². The highest BCUT2D eigenvalue weighted by molar-refractivity contribution is 5.83. The Hall–Kier alpha value is -1.18. The Kier molecular flexibility index (Phi) is 6.67. The highest BCUT2D eigenvalue weighted by atomic mass is 16.5. The molecule has 0 radical (unpaired) electrons. The highest BCUT2D eigenvalue weighted by Crippen LogP contribution is 2.12. The fraction of sp³-hybridized carbons (Fsp3) is 0.889. The summed E-state index contributed by atoms with van der Waals surface area (Å²) in [5.74, 6) is 0.378. The van der Waals surface area contributed by atoms with E-state index in [1.54, 1.807) is 0 Å². The molecular formula is C18H32N4O3. The first-order chi connectivity index (χ1) is 12.1. The van der Waals surface area contributed by atoms with Gasteiger partial charge in [-0.2, -0.15) is 0 Å². The van der Waals surface area contributed by atoms with Crippen LogP contribution >= 0.6 is 0 Å². The van der Waals surface area contributed by atoms with Gasteiger partial charge in [-0.25, -0.2) is 0 Å². The van der Waals surface area contributed by atoms with Crippen LogP contribution in [0.3, 0.4) is 0 Å². The number of amides is 2. The van der Waals surface area contributed by atoms with Gasteiger partial charge in [0.2, 0.25) is 11.8 Å². The molecule has 3 rings (SSSR count). The van der Waals surface area contributed by atoms with Crippen molar-refractivity contribution in [2.24, 2.45) is 0 Å². The van der Waals surface area contributed by atoms with E-state index in [2.05, 4.69) is 10.2 Å². The molecule has 2 amide bonds. The smallest absolute Gasteiger partial charge is 0.242 e. The summed E-state index contributed by atoms with van der Waals surface area (Å²) in [6.45, 7) is 8.57. The van der Waals surface area contributed by atoms with Gasteiger partial charge < -0.3 is 19.9 Å². The van der Waals surface area contributed by atoms with Crippen molar-refractivity contribution in [3.8, 4) is 0 Å². The number of nitrogens with zero attached hydrogens (tertiary/aromatic N) is 3. The van der Waals surface area contributed by atoms with Crippen LogP contribution in [0.5, 0.6) is 0 Å². The maximum Gasteiger partial charge on any atom is 0.242 e. The van der Waals surface area contributed by atoms with Gasteiger partial charge in [0.1, 0.15) is 6.04 Å². The van der Waals surface area contributed by atoms with Crippen molar-refractivity contribution in [1.82, 2.24) is 20.0 Å². The zero-order chi connectivity index (χ0) is 17.6.